The van der Waals surface area contributed by atoms with Crippen molar-refractivity contribution in [2.75, 3.05) is 0 Å². The SMILES string of the molecule is [2H]c1c([2H])c(-c2ccc(CCC3CCC(CC)CC3)cc2F)c([2H])c([2H])c1C#N. The van der Waals surface area contributed by atoms with Gasteiger partial charge in [0, 0.05) is 5.56 Å². The summed E-state index contributed by atoms with van der Waals surface area (Å²) in [6.07, 6.45) is 8.15. The Balaban J connectivity index is 1.80. The first-order valence-corrected chi connectivity index (χ1v) is 9.16. The quantitative estimate of drug-likeness (QED) is 0.609. The van der Waals surface area contributed by atoms with E-state index in [0.717, 1.165) is 24.3 Å². The number of nitriles is 1. The normalized spacial score (nSPS) is 22.4. The molecule has 0 spiro atoms. The molecule has 2 heteroatoms. The Morgan fingerprint density at radius 1 is 1.12 bits per heavy atom. The van der Waals surface area contributed by atoms with Gasteiger partial charge in [-0.25, -0.2) is 4.39 Å². The number of rotatable bonds is 5. The van der Waals surface area contributed by atoms with Crippen molar-refractivity contribution < 1.29 is 9.87 Å². The third-order valence-electron chi connectivity index (χ3n) is 5.42. The molecular weight excluding hydrogens is 309 g/mol. The molecule has 0 aromatic heterocycles. The van der Waals surface area contributed by atoms with Crippen LogP contribution in [0.5, 0.6) is 0 Å². The minimum Gasteiger partial charge on any atom is -0.206 e. The van der Waals surface area contributed by atoms with Crippen LogP contribution >= 0.6 is 0 Å². The van der Waals surface area contributed by atoms with Gasteiger partial charge in [-0.3, -0.25) is 0 Å². The summed E-state index contributed by atoms with van der Waals surface area (Å²) in [6, 6.07) is 4.83. The summed E-state index contributed by atoms with van der Waals surface area (Å²) in [5, 5.41) is 9.06. The molecule has 0 saturated heterocycles. The van der Waals surface area contributed by atoms with Crippen LogP contribution in [0.25, 0.3) is 11.1 Å². The molecule has 0 unspecified atom stereocenters. The zero-order valence-corrected chi connectivity index (χ0v) is 14.7. The summed E-state index contributed by atoms with van der Waals surface area (Å²) >= 11 is 0. The van der Waals surface area contributed by atoms with Crippen LogP contribution in [0.15, 0.2) is 42.4 Å². The summed E-state index contributed by atoms with van der Waals surface area (Å²) in [7, 11) is 0. The van der Waals surface area contributed by atoms with E-state index in [1.54, 1.807) is 12.1 Å². The predicted molar refractivity (Wildman–Crippen MR) is 101 cm³/mol. The maximum atomic E-state index is 14.9. The minimum atomic E-state index is -0.553. The number of hydrogen-bond acceptors (Lipinski definition) is 1. The lowest BCUT2D eigenvalue weighted by molar-refractivity contribution is 0.259. The van der Waals surface area contributed by atoms with Gasteiger partial charge in [-0.05, 0) is 54.0 Å². The molecule has 0 radical (unpaired) electrons. The highest BCUT2D eigenvalue weighted by Gasteiger charge is 2.19. The third-order valence-corrected chi connectivity index (χ3v) is 5.42. The Hall–Kier alpha value is -2.14. The topological polar surface area (TPSA) is 23.8 Å². The summed E-state index contributed by atoms with van der Waals surface area (Å²) in [5.41, 5.74) is 0.506. The van der Waals surface area contributed by atoms with Crippen molar-refractivity contribution in [1.82, 2.24) is 0 Å². The molecular formula is C23H26FN. The Morgan fingerprint density at radius 2 is 1.80 bits per heavy atom. The van der Waals surface area contributed by atoms with Crippen LogP contribution in [0, 0.1) is 29.0 Å². The summed E-state index contributed by atoms with van der Waals surface area (Å²) in [4.78, 5) is 0. The van der Waals surface area contributed by atoms with Crippen LogP contribution in [-0.2, 0) is 6.42 Å². The first kappa shape index (κ1) is 13.1. The zero-order chi connectivity index (χ0) is 21.1. The van der Waals surface area contributed by atoms with E-state index in [4.69, 9.17) is 10.7 Å². The maximum absolute atomic E-state index is 14.9. The molecule has 0 aliphatic heterocycles. The van der Waals surface area contributed by atoms with Crippen molar-refractivity contribution in [3.63, 3.8) is 0 Å². The summed E-state index contributed by atoms with van der Waals surface area (Å²) in [6.45, 7) is 2.25. The molecule has 0 N–H and O–H groups in total. The van der Waals surface area contributed by atoms with Gasteiger partial charge in [0.1, 0.15) is 5.82 Å². The lowest BCUT2D eigenvalue weighted by Gasteiger charge is -2.27. The van der Waals surface area contributed by atoms with E-state index < -0.39 is 17.9 Å². The lowest BCUT2D eigenvalue weighted by Crippen LogP contribution is -2.14. The molecule has 0 bridgehead atoms. The van der Waals surface area contributed by atoms with Gasteiger partial charge in [0.05, 0.1) is 17.1 Å². The second-order valence-corrected chi connectivity index (χ2v) is 7.01. The Morgan fingerprint density at radius 3 is 2.40 bits per heavy atom. The fourth-order valence-electron chi connectivity index (χ4n) is 3.72. The smallest absolute Gasteiger partial charge is 0.131 e. The van der Waals surface area contributed by atoms with Crippen LogP contribution in [-0.4, -0.2) is 0 Å². The number of halogens is 1. The molecule has 3 rings (SSSR count). The van der Waals surface area contributed by atoms with Crippen LogP contribution in [0.3, 0.4) is 0 Å². The highest BCUT2D eigenvalue weighted by molar-refractivity contribution is 5.65. The molecule has 2 aromatic carbocycles. The molecule has 25 heavy (non-hydrogen) atoms. The molecule has 1 saturated carbocycles. The number of nitrogens with zero attached hydrogens (tertiary/aromatic N) is 1. The highest BCUT2D eigenvalue weighted by atomic mass is 19.1. The Labute approximate surface area is 156 Å². The Kier molecular flexibility index (Phi) is 4.35. The van der Waals surface area contributed by atoms with Gasteiger partial charge in [-0.1, -0.05) is 63.2 Å². The van der Waals surface area contributed by atoms with E-state index in [9.17, 15) is 4.39 Å². The highest BCUT2D eigenvalue weighted by Crippen LogP contribution is 2.33. The number of hydrogen-bond donors (Lipinski definition) is 0. The van der Waals surface area contributed by atoms with E-state index in [-0.39, 0.29) is 28.8 Å². The van der Waals surface area contributed by atoms with Crippen molar-refractivity contribution in [3.8, 4) is 17.2 Å². The second kappa shape index (κ2) is 8.30. The molecule has 0 amide bonds. The van der Waals surface area contributed by atoms with E-state index in [2.05, 4.69) is 6.92 Å². The van der Waals surface area contributed by atoms with Crippen LogP contribution in [0.1, 0.15) is 62.1 Å². The van der Waals surface area contributed by atoms with Gasteiger partial charge < -0.3 is 0 Å². The van der Waals surface area contributed by atoms with Crippen LogP contribution < -0.4 is 0 Å². The molecule has 130 valence electrons. The average Bonchev–Trinajstić information content (AvgIpc) is 2.73. The lowest BCUT2D eigenvalue weighted by atomic mass is 9.78. The van der Waals surface area contributed by atoms with Crippen molar-refractivity contribution >= 4 is 0 Å². The van der Waals surface area contributed by atoms with E-state index in [1.165, 1.54) is 44.2 Å². The van der Waals surface area contributed by atoms with Gasteiger partial charge in [0.25, 0.3) is 0 Å². The minimum absolute atomic E-state index is 0.0405. The predicted octanol–water partition coefficient (Wildman–Crippen LogP) is 6.51. The molecule has 1 fully saturated rings. The molecule has 1 aliphatic rings. The summed E-state index contributed by atoms with van der Waals surface area (Å²) < 4.78 is 46.9. The van der Waals surface area contributed by atoms with Crippen molar-refractivity contribution in [2.45, 2.75) is 51.9 Å². The van der Waals surface area contributed by atoms with Crippen molar-refractivity contribution in [2.24, 2.45) is 11.8 Å². The molecule has 1 aliphatic carbocycles. The van der Waals surface area contributed by atoms with Crippen molar-refractivity contribution in [1.29, 1.82) is 5.26 Å². The largest absolute Gasteiger partial charge is 0.206 e. The van der Waals surface area contributed by atoms with E-state index >= 15 is 0 Å². The molecule has 2 aromatic rings. The Bertz CT molecular complexity index is 914. The standard InChI is InChI=1S/C23H26FN/c1-2-17-3-5-18(6-4-17)7-8-19-11-14-22(23(24)15-19)21-12-9-20(16-25)10-13-21/h9-15,17-18H,2-8H2,1H3/i9D,10D,12D,13D. The number of benzene rings is 2. The van der Waals surface area contributed by atoms with E-state index in [1.807, 2.05) is 0 Å². The van der Waals surface area contributed by atoms with Crippen molar-refractivity contribution in [3.05, 3.63) is 59.3 Å². The molecule has 0 atom stereocenters. The van der Waals surface area contributed by atoms with Gasteiger partial charge in [0.15, 0.2) is 0 Å². The molecule has 0 heterocycles. The van der Waals surface area contributed by atoms with E-state index in [0.29, 0.717) is 5.92 Å². The monoisotopic (exact) mass is 339 g/mol. The fourth-order valence-corrected chi connectivity index (χ4v) is 3.72. The van der Waals surface area contributed by atoms with Crippen LogP contribution in [0.2, 0.25) is 0 Å². The van der Waals surface area contributed by atoms with Gasteiger partial charge >= 0.3 is 0 Å². The number of aryl methyl sites for hydroxylation is 1. The summed E-state index contributed by atoms with van der Waals surface area (Å²) in [5.74, 6) is 0.996. The zero-order valence-electron chi connectivity index (χ0n) is 18.7. The van der Waals surface area contributed by atoms with Gasteiger partial charge in [-0.2, -0.15) is 5.26 Å². The molecule has 1 nitrogen and oxygen atoms in total. The van der Waals surface area contributed by atoms with Gasteiger partial charge in [0.2, 0.25) is 0 Å². The maximum Gasteiger partial charge on any atom is 0.131 e. The second-order valence-electron chi connectivity index (χ2n) is 7.01. The fraction of sp³-hybridized carbons (Fsp3) is 0.435. The van der Waals surface area contributed by atoms with Crippen LogP contribution in [0.4, 0.5) is 4.39 Å². The third kappa shape index (κ3) is 4.48. The first-order valence-electron chi connectivity index (χ1n) is 11.2. The van der Waals surface area contributed by atoms with Gasteiger partial charge in [-0.15, -0.1) is 0 Å². The first-order chi connectivity index (χ1) is 13.9. The average molecular weight is 339 g/mol.